The number of ether oxygens (including phenoxy) is 1. The molecule has 0 bridgehead atoms. The highest BCUT2D eigenvalue weighted by molar-refractivity contribution is 5.51. The summed E-state index contributed by atoms with van der Waals surface area (Å²) in [5.41, 5.74) is 1.23. The highest BCUT2D eigenvalue weighted by Crippen LogP contribution is 2.24. The molecule has 0 amide bonds. The van der Waals surface area contributed by atoms with Gasteiger partial charge in [-0.1, -0.05) is 56.2 Å². The van der Waals surface area contributed by atoms with E-state index in [0.29, 0.717) is 0 Å². The maximum absolute atomic E-state index is 6.04. The Hall–Kier alpha value is -1.50. The Balaban J connectivity index is 1.90. The maximum Gasteiger partial charge on any atom is 0.116 e. The summed E-state index contributed by atoms with van der Waals surface area (Å²) < 4.78 is 6.04. The highest BCUT2D eigenvalue weighted by Gasteiger charge is 2.14. The van der Waals surface area contributed by atoms with Crippen molar-refractivity contribution in [2.75, 3.05) is 0 Å². The molecule has 0 spiro atoms. The van der Waals surface area contributed by atoms with E-state index in [0.717, 1.165) is 18.6 Å². The molecule has 1 nitrogen and oxygen atoms in total. The Labute approximate surface area is 117 Å². The number of allylic oxidation sites excluding steroid dienone is 2. The van der Waals surface area contributed by atoms with E-state index >= 15 is 0 Å². The molecule has 1 aliphatic rings. The molecule has 0 saturated carbocycles. The molecule has 1 atom stereocenters. The van der Waals surface area contributed by atoms with Gasteiger partial charge < -0.3 is 4.74 Å². The normalized spacial score (nSPS) is 21.7. The summed E-state index contributed by atoms with van der Waals surface area (Å²) in [6.07, 6.45) is 14.1. The van der Waals surface area contributed by atoms with Gasteiger partial charge >= 0.3 is 0 Å². The van der Waals surface area contributed by atoms with Gasteiger partial charge in [0.05, 0.1) is 5.76 Å². The van der Waals surface area contributed by atoms with Crippen molar-refractivity contribution in [1.82, 2.24) is 0 Å². The first kappa shape index (κ1) is 13.9. The molecule has 1 aromatic carbocycles. The summed E-state index contributed by atoms with van der Waals surface area (Å²) >= 11 is 0. The monoisotopic (exact) mass is 256 g/mol. The molecule has 0 aromatic heterocycles. The quantitative estimate of drug-likeness (QED) is 0.510. The third-order valence-corrected chi connectivity index (χ3v) is 3.42. The second kappa shape index (κ2) is 7.83. The van der Waals surface area contributed by atoms with Crippen molar-refractivity contribution in [1.29, 1.82) is 0 Å². The van der Waals surface area contributed by atoms with Gasteiger partial charge in [0.2, 0.25) is 0 Å². The van der Waals surface area contributed by atoms with Crippen LogP contribution in [0.2, 0.25) is 0 Å². The molecular weight excluding hydrogens is 232 g/mol. The zero-order valence-electron chi connectivity index (χ0n) is 11.8. The van der Waals surface area contributed by atoms with E-state index in [1.807, 2.05) is 6.07 Å². The number of unbranched alkanes of at least 4 members (excludes halogenated alkanes) is 2. The third kappa shape index (κ3) is 4.94. The molecule has 2 rings (SSSR count). The summed E-state index contributed by atoms with van der Waals surface area (Å²) in [6, 6.07) is 10.4. The number of benzene rings is 1. The van der Waals surface area contributed by atoms with E-state index in [2.05, 4.69) is 49.4 Å². The minimum atomic E-state index is 0.278. The van der Waals surface area contributed by atoms with Crippen LogP contribution in [0.1, 0.15) is 51.0 Å². The summed E-state index contributed by atoms with van der Waals surface area (Å²) in [6.45, 7) is 2.23. The Kier molecular flexibility index (Phi) is 5.74. The van der Waals surface area contributed by atoms with Crippen LogP contribution in [0.25, 0.3) is 6.08 Å². The topological polar surface area (TPSA) is 9.23 Å². The van der Waals surface area contributed by atoms with E-state index in [1.165, 1.54) is 31.2 Å². The molecule has 1 aliphatic heterocycles. The zero-order valence-corrected chi connectivity index (χ0v) is 11.8. The van der Waals surface area contributed by atoms with Crippen molar-refractivity contribution >= 4 is 6.08 Å². The van der Waals surface area contributed by atoms with Crippen LogP contribution in [0.15, 0.2) is 48.2 Å². The summed E-state index contributed by atoms with van der Waals surface area (Å²) in [5.74, 6) is 1.13. The predicted molar refractivity (Wildman–Crippen MR) is 81.8 cm³/mol. The highest BCUT2D eigenvalue weighted by atomic mass is 16.5. The molecular formula is C18H24O. The lowest BCUT2D eigenvalue weighted by Crippen LogP contribution is -2.15. The second-order valence-electron chi connectivity index (χ2n) is 5.14. The minimum Gasteiger partial charge on any atom is -0.491 e. The van der Waals surface area contributed by atoms with Gasteiger partial charge in [0.15, 0.2) is 0 Å². The fraction of sp³-hybridized carbons (Fsp3) is 0.444. The molecule has 1 heterocycles. The van der Waals surface area contributed by atoms with Crippen LogP contribution >= 0.6 is 0 Å². The average Bonchev–Trinajstić information content (AvgIpc) is 2.45. The van der Waals surface area contributed by atoms with E-state index in [-0.39, 0.29) is 6.10 Å². The average molecular weight is 256 g/mol. The molecule has 1 aromatic rings. The summed E-state index contributed by atoms with van der Waals surface area (Å²) in [7, 11) is 0. The van der Waals surface area contributed by atoms with E-state index in [1.54, 1.807) is 0 Å². The van der Waals surface area contributed by atoms with Gasteiger partial charge in [-0.05, 0) is 37.0 Å². The van der Waals surface area contributed by atoms with Crippen LogP contribution in [-0.2, 0) is 4.74 Å². The molecule has 1 fully saturated rings. The lowest BCUT2D eigenvalue weighted by molar-refractivity contribution is 0.111. The number of hydrogen-bond acceptors (Lipinski definition) is 1. The lowest BCUT2D eigenvalue weighted by atomic mass is 10.0. The SMILES string of the molecule is CCCC/C=C/C1CCC/C(=C/c2ccccc2)O1. The van der Waals surface area contributed by atoms with Gasteiger partial charge in [0.25, 0.3) is 0 Å². The first-order chi connectivity index (χ1) is 9.38. The standard InChI is InChI=1S/C18H24O/c1-2-3-4-8-12-17-13-9-14-18(19-17)15-16-10-6-5-7-11-16/h5-8,10-12,15,17H,2-4,9,13-14H2,1H3/b12-8+,18-15-. The van der Waals surface area contributed by atoms with E-state index < -0.39 is 0 Å². The predicted octanol–water partition coefficient (Wildman–Crippen LogP) is 5.34. The van der Waals surface area contributed by atoms with Crippen LogP contribution in [0, 0.1) is 0 Å². The molecule has 0 radical (unpaired) electrons. The van der Waals surface area contributed by atoms with E-state index in [9.17, 15) is 0 Å². The van der Waals surface area contributed by atoms with Crippen LogP contribution in [0.3, 0.4) is 0 Å². The van der Waals surface area contributed by atoms with Gasteiger partial charge in [-0.2, -0.15) is 0 Å². The van der Waals surface area contributed by atoms with Crippen molar-refractivity contribution in [2.45, 2.75) is 51.6 Å². The van der Waals surface area contributed by atoms with Crippen LogP contribution in [-0.4, -0.2) is 6.10 Å². The third-order valence-electron chi connectivity index (χ3n) is 3.42. The number of rotatable bonds is 5. The first-order valence-electron chi connectivity index (χ1n) is 7.47. The fourth-order valence-electron chi connectivity index (χ4n) is 2.34. The zero-order chi connectivity index (χ0) is 13.3. The Morgan fingerprint density at radius 2 is 2.11 bits per heavy atom. The van der Waals surface area contributed by atoms with E-state index in [4.69, 9.17) is 4.74 Å². The Bertz CT molecular complexity index is 417. The largest absolute Gasteiger partial charge is 0.491 e. The summed E-state index contributed by atoms with van der Waals surface area (Å²) in [4.78, 5) is 0. The van der Waals surface area contributed by atoms with Crippen molar-refractivity contribution < 1.29 is 4.74 Å². The maximum atomic E-state index is 6.04. The van der Waals surface area contributed by atoms with Crippen molar-refractivity contribution in [3.05, 3.63) is 53.8 Å². The minimum absolute atomic E-state index is 0.278. The molecule has 0 N–H and O–H groups in total. The molecule has 102 valence electrons. The van der Waals surface area contributed by atoms with Crippen molar-refractivity contribution in [3.8, 4) is 0 Å². The molecule has 19 heavy (non-hydrogen) atoms. The second-order valence-corrected chi connectivity index (χ2v) is 5.14. The van der Waals surface area contributed by atoms with Gasteiger partial charge in [-0.15, -0.1) is 0 Å². The Morgan fingerprint density at radius 1 is 1.26 bits per heavy atom. The lowest BCUT2D eigenvalue weighted by Gasteiger charge is -2.23. The van der Waals surface area contributed by atoms with Crippen molar-refractivity contribution in [3.63, 3.8) is 0 Å². The van der Waals surface area contributed by atoms with Gasteiger partial charge in [-0.25, -0.2) is 0 Å². The number of hydrogen-bond donors (Lipinski definition) is 0. The first-order valence-corrected chi connectivity index (χ1v) is 7.47. The van der Waals surface area contributed by atoms with Crippen LogP contribution < -0.4 is 0 Å². The van der Waals surface area contributed by atoms with Crippen LogP contribution in [0.4, 0.5) is 0 Å². The summed E-state index contributed by atoms with van der Waals surface area (Å²) in [5, 5.41) is 0. The van der Waals surface area contributed by atoms with Crippen LogP contribution in [0.5, 0.6) is 0 Å². The molecule has 0 aliphatic carbocycles. The van der Waals surface area contributed by atoms with Crippen molar-refractivity contribution in [2.24, 2.45) is 0 Å². The Morgan fingerprint density at radius 3 is 2.89 bits per heavy atom. The smallest absolute Gasteiger partial charge is 0.116 e. The van der Waals surface area contributed by atoms with Gasteiger partial charge in [-0.3, -0.25) is 0 Å². The molecule has 1 saturated heterocycles. The fourth-order valence-corrected chi connectivity index (χ4v) is 2.34. The molecule has 1 unspecified atom stereocenters. The van der Waals surface area contributed by atoms with Gasteiger partial charge in [0, 0.05) is 6.42 Å². The van der Waals surface area contributed by atoms with Gasteiger partial charge in [0.1, 0.15) is 6.10 Å². The molecule has 1 heteroatoms.